The van der Waals surface area contributed by atoms with E-state index in [9.17, 15) is 4.79 Å². The third kappa shape index (κ3) is 2.15. The Hall–Kier alpha value is -2.40. The van der Waals surface area contributed by atoms with E-state index < -0.39 is 5.78 Å². The molecule has 0 bridgehead atoms. The predicted octanol–water partition coefficient (Wildman–Crippen LogP) is 2.95. The number of benzene rings is 2. The maximum atomic E-state index is 10.8. The van der Waals surface area contributed by atoms with Crippen molar-refractivity contribution in [2.24, 2.45) is 0 Å². The van der Waals surface area contributed by atoms with Crippen LogP contribution in [0.5, 0.6) is 0 Å². The Morgan fingerprint density at radius 3 is 2.62 bits per heavy atom. The van der Waals surface area contributed by atoms with Crippen molar-refractivity contribution in [3.8, 4) is 6.07 Å². The van der Waals surface area contributed by atoms with Gasteiger partial charge in [-0.15, -0.1) is 0 Å². The number of rotatable bonds is 2. The zero-order valence-corrected chi connectivity index (χ0v) is 8.55. The van der Waals surface area contributed by atoms with E-state index in [2.05, 4.69) is 0 Å². The number of allylic oxidation sites excluding steroid dienone is 1. The van der Waals surface area contributed by atoms with Gasteiger partial charge in [0.15, 0.2) is 0 Å². The summed E-state index contributed by atoms with van der Waals surface area (Å²) in [6, 6.07) is 15.4. The third-order valence-corrected chi connectivity index (χ3v) is 2.31. The van der Waals surface area contributed by atoms with Crippen LogP contribution in [0.25, 0.3) is 16.8 Å². The fourth-order valence-corrected chi connectivity index (χ4v) is 1.52. The minimum absolute atomic E-state index is 0.534. The number of carbonyl (C=O) groups excluding carboxylic acids is 1. The molecule has 0 saturated carbocycles. The highest BCUT2D eigenvalue weighted by atomic mass is 16.1. The predicted molar refractivity (Wildman–Crippen MR) is 63.6 cm³/mol. The van der Waals surface area contributed by atoms with Gasteiger partial charge in [-0.3, -0.25) is 4.79 Å². The SMILES string of the molecule is N#CC(=O)/C=C/c1ccc2ccccc2c1. The van der Waals surface area contributed by atoms with Gasteiger partial charge in [-0.1, -0.05) is 42.5 Å². The summed E-state index contributed by atoms with van der Waals surface area (Å²) in [7, 11) is 0. The average molecular weight is 207 g/mol. The van der Waals surface area contributed by atoms with Gasteiger partial charge in [0.2, 0.25) is 0 Å². The fourth-order valence-electron chi connectivity index (χ4n) is 1.52. The minimum atomic E-state index is -0.534. The zero-order valence-electron chi connectivity index (χ0n) is 8.55. The van der Waals surface area contributed by atoms with E-state index >= 15 is 0 Å². The Bertz CT molecular complexity index is 605. The van der Waals surface area contributed by atoms with Gasteiger partial charge in [-0.25, -0.2) is 0 Å². The van der Waals surface area contributed by atoms with Crippen LogP contribution < -0.4 is 0 Å². The Morgan fingerprint density at radius 1 is 1.12 bits per heavy atom. The lowest BCUT2D eigenvalue weighted by Gasteiger charge is -1.98. The lowest BCUT2D eigenvalue weighted by Crippen LogP contribution is -1.83. The van der Waals surface area contributed by atoms with Gasteiger partial charge in [-0.05, 0) is 28.5 Å². The highest BCUT2D eigenvalue weighted by Crippen LogP contribution is 2.16. The van der Waals surface area contributed by atoms with Crippen molar-refractivity contribution in [1.29, 1.82) is 5.26 Å². The van der Waals surface area contributed by atoms with Gasteiger partial charge in [0.05, 0.1) is 0 Å². The molecule has 76 valence electrons. The normalized spacial score (nSPS) is 10.4. The average Bonchev–Trinajstić information content (AvgIpc) is 2.35. The van der Waals surface area contributed by atoms with Crippen LogP contribution in [0.4, 0.5) is 0 Å². The van der Waals surface area contributed by atoms with Crippen LogP contribution >= 0.6 is 0 Å². The van der Waals surface area contributed by atoms with Gasteiger partial charge < -0.3 is 0 Å². The summed E-state index contributed by atoms with van der Waals surface area (Å²) in [5, 5.41) is 10.6. The molecular formula is C14H9NO. The molecule has 0 radical (unpaired) electrons. The van der Waals surface area contributed by atoms with E-state index in [1.54, 1.807) is 12.1 Å². The van der Waals surface area contributed by atoms with Crippen molar-refractivity contribution in [2.45, 2.75) is 0 Å². The minimum Gasteiger partial charge on any atom is -0.278 e. The first-order chi connectivity index (χ1) is 7.79. The van der Waals surface area contributed by atoms with Crippen LogP contribution in [0.1, 0.15) is 5.56 Å². The van der Waals surface area contributed by atoms with E-state index in [-0.39, 0.29) is 0 Å². The molecule has 0 aliphatic carbocycles. The molecule has 0 aliphatic heterocycles. The van der Waals surface area contributed by atoms with E-state index in [0.29, 0.717) is 0 Å². The molecule has 2 rings (SSSR count). The molecule has 0 amide bonds. The van der Waals surface area contributed by atoms with Crippen molar-refractivity contribution in [1.82, 2.24) is 0 Å². The third-order valence-electron chi connectivity index (χ3n) is 2.31. The maximum Gasteiger partial charge on any atom is 0.255 e. The molecule has 2 nitrogen and oxygen atoms in total. The number of nitriles is 1. The Labute approximate surface area is 93.4 Å². The van der Waals surface area contributed by atoms with Crippen LogP contribution in [0.2, 0.25) is 0 Å². The summed E-state index contributed by atoms with van der Waals surface area (Å²) in [6.07, 6.45) is 2.93. The Kier molecular flexibility index (Phi) is 2.79. The van der Waals surface area contributed by atoms with Gasteiger partial charge in [-0.2, -0.15) is 5.26 Å². The second kappa shape index (κ2) is 4.41. The smallest absolute Gasteiger partial charge is 0.255 e. The highest BCUT2D eigenvalue weighted by molar-refractivity contribution is 6.05. The fraction of sp³-hybridized carbons (Fsp3) is 0. The topological polar surface area (TPSA) is 40.9 Å². The second-order valence-electron chi connectivity index (χ2n) is 3.42. The van der Waals surface area contributed by atoms with Crippen LogP contribution in [-0.2, 0) is 4.79 Å². The number of fused-ring (bicyclic) bond motifs is 1. The van der Waals surface area contributed by atoms with Gasteiger partial charge in [0.1, 0.15) is 6.07 Å². The lowest BCUT2D eigenvalue weighted by atomic mass is 10.1. The van der Waals surface area contributed by atoms with Crippen molar-refractivity contribution < 1.29 is 4.79 Å². The summed E-state index contributed by atoms with van der Waals surface area (Å²) >= 11 is 0. The number of ketones is 1. The molecule has 16 heavy (non-hydrogen) atoms. The summed E-state index contributed by atoms with van der Waals surface area (Å²) < 4.78 is 0. The molecule has 0 fully saturated rings. The molecule has 0 spiro atoms. The standard InChI is InChI=1S/C14H9NO/c15-10-14(16)8-6-11-5-7-12-3-1-2-4-13(12)9-11/h1-9H/b8-6+. The first-order valence-electron chi connectivity index (χ1n) is 4.90. The lowest BCUT2D eigenvalue weighted by molar-refractivity contribution is -0.109. The summed E-state index contributed by atoms with van der Waals surface area (Å²) in [5.74, 6) is -0.534. The van der Waals surface area contributed by atoms with Crippen molar-refractivity contribution in [2.75, 3.05) is 0 Å². The zero-order chi connectivity index (χ0) is 11.4. The highest BCUT2D eigenvalue weighted by Gasteiger charge is 1.94. The molecule has 0 unspecified atom stereocenters. The van der Waals surface area contributed by atoms with Gasteiger partial charge >= 0.3 is 0 Å². The molecule has 2 aromatic carbocycles. The Balaban J connectivity index is 2.37. The van der Waals surface area contributed by atoms with Crippen molar-refractivity contribution >= 4 is 22.6 Å². The summed E-state index contributed by atoms with van der Waals surface area (Å²) in [5.41, 5.74) is 0.919. The summed E-state index contributed by atoms with van der Waals surface area (Å²) in [4.78, 5) is 10.8. The largest absolute Gasteiger partial charge is 0.278 e. The first kappa shape index (κ1) is 10.1. The van der Waals surface area contributed by atoms with Crippen molar-refractivity contribution in [3.63, 3.8) is 0 Å². The molecule has 0 saturated heterocycles. The molecule has 0 heterocycles. The van der Waals surface area contributed by atoms with Crippen LogP contribution in [0, 0.1) is 11.3 Å². The Morgan fingerprint density at radius 2 is 1.88 bits per heavy atom. The molecule has 0 N–H and O–H groups in total. The number of hydrogen-bond acceptors (Lipinski definition) is 2. The number of nitrogens with zero attached hydrogens (tertiary/aromatic N) is 1. The van der Waals surface area contributed by atoms with E-state index in [1.807, 2.05) is 42.5 Å². The summed E-state index contributed by atoms with van der Waals surface area (Å²) in [6.45, 7) is 0. The van der Waals surface area contributed by atoms with Gasteiger partial charge in [0.25, 0.3) is 5.78 Å². The molecule has 0 atom stereocenters. The molecule has 0 aliphatic rings. The van der Waals surface area contributed by atoms with Crippen LogP contribution in [0.3, 0.4) is 0 Å². The van der Waals surface area contributed by atoms with Gasteiger partial charge in [0, 0.05) is 0 Å². The number of carbonyl (C=O) groups is 1. The van der Waals surface area contributed by atoms with Crippen LogP contribution in [-0.4, -0.2) is 5.78 Å². The van der Waals surface area contributed by atoms with Crippen LogP contribution in [0.15, 0.2) is 48.5 Å². The molecule has 2 heteroatoms. The number of hydrogen-bond donors (Lipinski definition) is 0. The monoisotopic (exact) mass is 207 g/mol. The van der Waals surface area contributed by atoms with Crippen molar-refractivity contribution in [3.05, 3.63) is 54.1 Å². The van der Waals surface area contributed by atoms with E-state index in [0.717, 1.165) is 16.3 Å². The van der Waals surface area contributed by atoms with E-state index in [4.69, 9.17) is 5.26 Å². The maximum absolute atomic E-state index is 10.8. The second-order valence-corrected chi connectivity index (χ2v) is 3.42. The first-order valence-corrected chi connectivity index (χ1v) is 4.90. The quantitative estimate of drug-likeness (QED) is 0.561. The van der Waals surface area contributed by atoms with E-state index in [1.165, 1.54) is 6.08 Å². The molecule has 0 aromatic heterocycles. The molecule has 2 aromatic rings. The molecular weight excluding hydrogens is 198 g/mol.